The van der Waals surface area contributed by atoms with Crippen LogP contribution in [-0.2, 0) is 0 Å². The van der Waals surface area contributed by atoms with Gasteiger partial charge in [0, 0.05) is 34.3 Å². The van der Waals surface area contributed by atoms with E-state index in [1.54, 1.807) is 7.11 Å². The van der Waals surface area contributed by atoms with Gasteiger partial charge in [-0.15, -0.1) is 0 Å². The molecule has 0 aliphatic heterocycles. The van der Waals surface area contributed by atoms with Gasteiger partial charge in [-0.1, -0.05) is 12.1 Å². The van der Waals surface area contributed by atoms with E-state index < -0.39 is 0 Å². The lowest BCUT2D eigenvalue weighted by molar-refractivity contribution is 0.414. The number of nitrogens with zero attached hydrogens (tertiary/aromatic N) is 1. The fourth-order valence-electron chi connectivity index (χ4n) is 2.25. The molecule has 2 rings (SSSR count). The molecule has 0 saturated heterocycles. The Bertz CT molecular complexity index is 619. The Kier molecular flexibility index (Phi) is 5.67. The minimum Gasteiger partial charge on any atom is -0.497 e. The van der Waals surface area contributed by atoms with Crippen LogP contribution in [0.4, 0.5) is 5.69 Å². The monoisotopic (exact) mass is 412 g/mol. The molecular weight excluding hydrogens is 396 g/mol. The van der Waals surface area contributed by atoms with Crippen LogP contribution >= 0.6 is 31.9 Å². The fourth-order valence-corrected chi connectivity index (χ4v) is 2.89. The molecule has 0 heterocycles. The number of ether oxygens (including phenoxy) is 1. The van der Waals surface area contributed by atoms with E-state index in [9.17, 15) is 0 Å². The maximum Gasteiger partial charge on any atom is 0.120 e. The van der Waals surface area contributed by atoms with Crippen molar-refractivity contribution in [1.29, 1.82) is 0 Å². The highest BCUT2D eigenvalue weighted by molar-refractivity contribution is 9.13. The minimum atomic E-state index is 0.0986. The highest BCUT2D eigenvalue weighted by Gasteiger charge is 2.17. The van der Waals surface area contributed by atoms with Crippen LogP contribution < -0.4 is 15.4 Å². The zero-order valence-electron chi connectivity index (χ0n) is 12.0. The predicted octanol–water partition coefficient (Wildman–Crippen LogP) is 4.36. The van der Waals surface area contributed by atoms with Crippen molar-refractivity contribution >= 4 is 37.5 Å². The van der Waals surface area contributed by atoms with Crippen LogP contribution in [0.1, 0.15) is 11.6 Å². The topological polar surface area (TPSA) is 38.5 Å². The first-order valence-electron chi connectivity index (χ1n) is 6.58. The Labute approximate surface area is 142 Å². The number of halogens is 2. The fraction of sp³-hybridized carbons (Fsp3) is 0.250. The quantitative estimate of drug-likeness (QED) is 0.791. The number of methoxy groups -OCH3 is 1. The number of anilines is 1. The van der Waals surface area contributed by atoms with E-state index >= 15 is 0 Å². The summed E-state index contributed by atoms with van der Waals surface area (Å²) in [5, 5.41) is 0. The summed E-state index contributed by atoms with van der Waals surface area (Å²) in [6.45, 7) is 0.530. The maximum absolute atomic E-state index is 6.00. The molecule has 2 aromatic carbocycles. The summed E-state index contributed by atoms with van der Waals surface area (Å²) < 4.78 is 7.35. The Morgan fingerprint density at radius 1 is 1.14 bits per heavy atom. The van der Waals surface area contributed by atoms with Crippen LogP contribution in [0.3, 0.4) is 0 Å². The lowest BCUT2D eigenvalue weighted by Gasteiger charge is -2.30. The molecule has 2 N–H and O–H groups in total. The summed E-state index contributed by atoms with van der Waals surface area (Å²) in [6.07, 6.45) is 0. The van der Waals surface area contributed by atoms with Crippen LogP contribution in [0.25, 0.3) is 0 Å². The van der Waals surface area contributed by atoms with Crippen molar-refractivity contribution in [1.82, 2.24) is 0 Å². The zero-order chi connectivity index (χ0) is 15.4. The van der Waals surface area contributed by atoms with E-state index in [-0.39, 0.29) is 6.04 Å². The van der Waals surface area contributed by atoms with E-state index in [1.807, 2.05) is 31.3 Å². The molecule has 0 bridgehead atoms. The molecule has 3 nitrogen and oxygen atoms in total. The summed E-state index contributed by atoms with van der Waals surface area (Å²) in [5.41, 5.74) is 8.24. The largest absolute Gasteiger partial charge is 0.497 e. The van der Waals surface area contributed by atoms with Crippen LogP contribution in [0.5, 0.6) is 5.75 Å². The number of hydrogen-bond acceptors (Lipinski definition) is 3. The third-order valence-corrected chi connectivity index (χ3v) is 5.36. The lowest BCUT2D eigenvalue weighted by atomic mass is 10.1. The van der Waals surface area contributed by atoms with Gasteiger partial charge >= 0.3 is 0 Å². The molecule has 0 radical (unpaired) electrons. The maximum atomic E-state index is 6.00. The predicted molar refractivity (Wildman–Crippen MR) is 95.0 cm³/mol. The molecule has 0 aromatic heterocycles. The second-order valence-electron chi connectivity index (χ2n) is 4.74. The normalized spacial score (nSPS) is 12.0. The molecule has 0 spiro atoms. The van der Waals surface area contributed by atoms with Crippen molar-refractivity contribution in [3.05, 3.63) is 57.0 Å². The van der Waals surface area contributed by atoms with Crippen LogP contribution in [0.2, 0.25) is 0 Å². The van der Waals surface area contributed by atoms with E-state index in [4.69, 9.17) is 10.5 Å². The Morgan fingerprint density at radius 2 is 1.90 bits per heavy atom. The van der Waals surface area contributed by atoms with Crippen molar-refractivity contribution in [2.45, 2.75) is 6.04 Å². The standard InChI is InChI=1S/C16H18Br2N2O/c1-20(12-4-3-5-13(9-12)21-2)16(10-19)11-6-7-14(17)15(18)8-11/h3-9,16H,10,19H2,1-2H3. The summed E-state index contributed by atoms with van der Waals surface area (Å²) in [7, 11) is 3.72. The summed E-state index contributed by atoms with van der Waals surface area (Å²) in [6, 6.07) is 14.3. The van der Waals surface area contributed by atoms with Gasteiger partial charge in [0.05, 0.1) is 13.2 Å². The second kappa shape index (κ2) is 7.29. The minimum absolute atomic E-state index is 0.0986. The molecule has 0 aliphatic rings. The van der Waals surface area contributed by atoms with Gasteiger partial charge in [-0.25, -0.2) is 0 Å². The molecule has 0 amide bonds. The highest BCUT2D eigenvalue weighted by Crippen LogP contribution is 2.31. The van der Waals surface area contributed by atoms with Gasteiger partial charge in [-0.3, -0.25) is 0 Å². The van der Waals surface area contributed by atoms with E-state index in [2.05, 4.69) is 55.0 Å². The highest BCUT2D eigenvalue weighted by atomic mass is 79.9. The molecule has 112 valence electrons. The molecule has 0 fully saturated rings. The van der Waals surface area contributed by atoms with Gasteiger partial charge in [0.1, 0.15) is 5.75 Å². The molecular formula is C16H18Br2N2O. The summed E-state index contributed by atoms with van der Waals surface area (Å²) >= 11 is 7.04. The van der Waals surface area contributed by atoms with Gasteiger partial charge in [0.25, 0.3) is 0 Å². The number of hydrogen-bond donors (Lipinski definition) is 1. The average Bonchev–Trinajstić information content (AvgIpc) is 2.51. The summed E-state index contributed by atoms with van der Waals surface area (Å²) in [5.74, 6) is 0.840. The molecule has 1 atom stereocenters. The van der Waals surface area contributed by atoms with Crippen LogP contribution in [0, 0.1) is 0 Å². The van der Waals surface area contributed by atoms with Gasteiger partial charge < -0.3 is 15.4 Å². The van der Waals surface area contributed by atoms with Crippen LogP contribution in [0.15, 0.2) is 51.4 Å². The molecule has 0 saturated carbocycles. The average molecular weight is 414 g/mol. The smallest absolute Gasteiger partial charge is 0.120 e. The van der Waals surface area contributed by atoms with Gasteiger partial charge in [0.2, 0.25) is 0 Å². The number of likely N-dealkylation sites (N-methyl/N-ethyl adjacent to an activating group) is 1. The van der Waals surface area contributed by atoms with E-state index in [0.29, 0.717) is 6.54 Å². The molecule has 21 heavy (non-hydrogen) atoms. The van der Waals surface area contributed by atoms with Gasteiger partial charge in [0.15, 0.2) is 0 Å². The molecule has 1 unspecified atom stereocenters. The number of rotatable bonds is 5. The Hall–Kier alpha value is -1.04. The first-order valence-corrected chi connectivity index (χ1v) is 8.17. The van der Waals surface area contributed by atoms with Gasteiger partial charge in [-0.05, 0) is 61.7 Å². The summed E-state index contributed by atoms with van der Waals surface area (Å²) in [4.78, 5) is 2.16. The van der Waals surface area contributed by atoms with Crippen molar-refractivity contribution in [3.63, 3.8) is 0 Å². The SMILES string of the molecule is COc1cccc(N(C)C(CN)c2ccc(Br)c(Br)c2)c1. The number of nitrogens with two attached hydrogens (primary N) is 1. The van der Waals surface area contributed by atoms with Crippen molar-refractivity contribution in [2.75, 3.05) is 25.6 Å². The molecule has 2 aromatic rings. The third-order valence-electron chi connectivity index (χ3n) is 3.48. The first kappa shape index (κ1) is 16.3. The Balaban J connectivity index is 2.32. The Morgan fingerprint density at radius 3 is 2.52 bits per heavy atom. The van der Waals surface area contributed by atoms with Crippen molar-refractivity contribution < 1.29 is 4.74 Å². The van der Waals surface area contributed by atoms with Crippen molar-refractivity contribution in [3.8, 4) is 5.75 Å². The second-order valence-corrected chi connectivity index (χ2v) is 6.45. The van der Waals surface area contributed by atoms with Crippen molar-refractivity contribution in [2.24, 2.45) is 5.73 Å². The molecule has 0 aliphatic carbocycles. The van der Waals surface area contributed by atoms with E-state index in [0.717, 1.165) is 25.9 Å². The zero-order valence-corrected chi connectivity index (χ0v) is 15.2. The lowest BCUT2D eigenvalue weighted by Crippen LogP contribution is -2.30. The molecule has 5 heteroatoms. The van der Waals surface area contributed by atoms with E-state index in [1.165, 1.54) is 0 Å². The third kappa shape index (κ3) is 3.78. The van der Waals surface area contributed by atoms with Gasteiger partial charge in [-0.2, -0.15) is 0 Å². The number of benzene rings is 2. The van der Waals surface area contributed by atoms with Crippen LogP contribution in [-0.4, -0.2) is 20.7 Å². The first-order chi connectivity index (χ1) is 10.1.